The monoisotopic (exact) mass is 264 g/mol. The molecule has 1 aromatic carbocycles. The third kappa shape index (κ3) is 5.20. The van der Waals surface area contributed by atoms with Crippen molar-refractivity contribution >= 4 is 11.6 Å². The van der Waals surface area contributed by atoms with Gasteiger partial charge >= 0.3 is 0 Å². The van der Waals surface area contributed by atoms with E-state index in [9.17, 15) is 4.79 Å². The van der Waals surface area contributed by atoms with Crippen molar-refractivity contribution in [3.8, 4) is 5.75 Å². The molecule has 0 spiro atoms. The van der Waals surface area contributed by atoms with E-state index in [1.54, 1.807) is 7.05 Å². The first kappa shape index (κ1) is 15.3. The molecule has 0 bridgehead atoms. The van der Waals surface area contributed by atoms with Gasteiger partial charge in [0.05, 0.1) is 0 Å². The third-order valence-corrected chi connectivity index (χ3v) is 3.08. The Bertz CT molecular complexity index is 405. The summed E-state index contributed by atoms with van der Waals surface area (Å²) < 4.78 is 5.42. The zero-order valence-electron chi connectivity index (χ0n) is 12.2. The molecule has 1 atom stereocenters. The number of ether oxygens (including phenoxy) is 1. The van der Waals surface area contributed by atoms with Crippen LogP contribution in [-0.4, -0.2) is 25.6 Å². The molecule has 0 heterocycles. The van der Waals surface area contributed by atoms with Crippen molar-refractivity contribution in [2.24, 2.45) is 5.92 Å². The van der Waals surface area contributed by atoms with Crippen molar-refractivity contribution in [1.82, 2.24) is 5.32 Å². The summed E-state index contributed by atoms with van der Waals surface area (Å²) in [5, 5.41) is 6.02. The standard InChI is InChI=1S/C15H24N2O2/c1-5-14(11(2)3)17-12-7-6-8-13(9-12)19-10-15(18)16-4/h6-9,11,14,17H,5,10H2,1-4H3,(H,16,18). The summed E-state index contributed by atoms with van der Waals surface area (Å²) in [4.78, 5) is 11.1. The van der Waals surface area contributed by atoms with E-state index in [4.69, 9.17) is 4.74 Å². The van der Waals surface area contributed by atoms with Crippen LogP contribution in [-0.2, 0) is 4.79 Å². The Morgan fingerprint density at radius 1 is 1.37 bits per heavy atom. The molecule has 4 nitrogen and oxygen atoms in total. The Kier molecular flexibility index (Phi) is 6.19. The molecule has 0 aliphatic carbocycles. The van der Waals surface area contributed by atoms with E-state index in [-0.39, 0.29) is 12.5 Å². The van der Waals surface area contributed by atoms with Gasteiger partial charge in [0.2, 0.25) is 0 Å². The number of anilines is 1. The van der Waals surface area contributed by atoms with Crippen molar-refractivity contribution in [2.45, 2.75) is 33.2 Å². The number of hydrogen-bond donors (Lipinski definition) is 2. The van der Waals surface area contributed by atoms with E-state index < -0.39 is 0 Å². The molecule has 106 valence electrons. The second-order valence-corrected chi connectivity index (χ2v) is 4.89. The largest absolute Gasteiger partial charge is 0.484 e. The number of benzene rings is 1. The first-order chi connectivity index (χ1) is 9.06. The van der Waals surface area contributed by atoms with Crippen LogP contribution >= 0.6 is 0 Å². The molecule has 0 aliphatic rings. The van der Waals surface area contributed by atoms with Gasteiger partial charge < -0.3 is 15.4 Å². The van der Waals surface area contributed by atoms with Gasteiger partial charge in [-0.1, -0.05) is 26.8 Å². The summed E-state index contributed by atoms with van der Waals surface area (Å²) >= 11 is 0. The normalized spacial score (nSPS) is 12.1. The molecule has 0 saturated heterocycles. The minimum Gasteiger partial charge on any atom is -0.484 e. The van der Waals surface area contributed by atoms with Gasteiger partial charge in [0, 0.05) is 24.8 Å². The predicted molar refractivity (Wildman–Crippen MR) is 78.5 cm³/mol. The molecule has 1 amide bonds. The van der Waals surface area contributed by atoms with E-state index >= 15 is 0 Å². The van der Waals surface area contributed by atoms with Gasteiger partial charge in [0.1, 0.15) is 5.75 Å². The van der Waals surface area contributed by atoms with Crippen molar-refractivity contribution in [2.75, 3.05) is 19.0 Å². The van der Waals surface area contributed by atoms with E-state index in [0.29, 0.717) is 17.7 Å². The van der Waals surface area contributed by atoms with Crippen LogP contribution in [0.15, 0.2) is 24.3 Å². The number of likely N-dealkylation sites (N-methyl/N-ethyl adjacent to an activating group) is 1. The number of rotatable bonds is 7. The maximum absolute atomic E-state index is 11.1. The molecule has 0 aliphatic heterocycles. The van der Waals surface area contributed by atoms with Gasteiger partial charge in [-0.05, 0) is 24.5 Å². The van der Waals surface area contributed by atoms with E-state index in [1.807, 2.05) is 24.3 Å². The highest BCUT2D eigenvalue weighted by Gasteiger charge is 2.10. The molecule has 1 rings (SSSR count). The van der Waals surface area contributed by atoms with Crippen molar-refractivity contribution in [3.63, 3.8) is 0 Å². The molecule has 0 fully saturated rings. The van der Waals surface area contributed by atoms with Crippen LogP contribution < -0.4 is 15.4 Å². The van der Waals surface area contributed by atoms with E-state index in [1.165, 1.54) is 0 Å². The Morgan fingerprint density at radius 2 is 2.11 bits per heavy atom. The van der Waals surface area contributed by atoms with Gasteiger partial charge in [-0.3, -0.25) is 4.79 Å². The average Bonchev–Trinajstić information content (AvgIpc) is 2.42. The van der Waals surface area contributed by atoms with Crippen LogP contribution in [0.4, 0.5) is 5.69 Å². The highest BCUT2D eigenvalue weighted by molar-refractivity contribution is 5.77. The number of carbonyl (C=O) groups excluding carboxylic acids is 1. The summed E-state index contributed by atoms with van der Waals surface area (Å²) in [6.45, 7) is 6.62. The van der Waals surface area contributed by atoms with Crippen LogP contribution in [0.1, 0.15) is 27.2 Å². The van der Waals surface area contributed by atoms with Gasteiger partial charge in [0.15, 0.2) is 6.61 Å². The predicted octanol–water partition coefficient (Wildman–Crippen LogP) is 2.66. The highest BCUT2D eigenvalue weighted by atomic mass is 16.5. The maximum atomic E-state index is 11.1. The van der Waals surface area contributed by atoms with Crippen LogP contribution in [0.2, 0.25) is 0 Å². The van der Waals surface area contributed by atoms with Crippen molar-refractivity contribution < 1.29 is 9.53 Å². The molecule has 0 radical (unpaired) electrons. The average molecular weight is 264 g/mol. The molecule has 0 aromatic heterocycles. The van der Waals surface area contributed by atoms with Gasteiger partial charge in [-0.25, -0.2) is 0 Å². The highest BCUT2D eigenvalue weighted by Crippen LogP contribution is 2.20. The zero-order valence-corrected chi connectivity index (χ0v) is 12.2. The topological polar surface area (TPSA) is 50.4 Å². The van der Waals surface area contributed by atoms with Crippen molar-refractivity contribution in [3.05, 3.63) is 24.3 Å². The smallest absolute Gasteiger partial charge is 0.257 e. The number of carbonyl (C=O) groups is 1. The van der Waals surface area contributed by atoms with Crippen LogP contribution in [0.3, 0.4) is 0 Å². The number of amides is 1. The third-order valence-electron chi connectivity index (χ3n) is 3.08. The number of nitrogens with one attached hydrogen (secondary N) is 2. The Morgan fingerprint density at radius 3 is 2.68 bits per heavy atom. The van der Waals surface area contributed by atoms with Crippen molar-refractivity contribution in [1.29, 1.82) is 0 Å². The minimum absolute atomic E-state index is 0.0430. The molecular weight excluding hydrogens is 240 g/mol. The molecule has 0 saturated carbocycles. The molecule has 2 N–H and O–H groups in total. The lowest BCUT2D eigenvalue weighted by molar-refractivity contribution is -0.122. The fourth-order valence-electron chi connectivity index (χ4n) is 1.85. The van der Waals surface area contributed by atoms with Crippen LogP contribution in [0.25, 0.3) is 0 Å². The van der Waals surface area contributed by atoms with E-state index in [2.05, 4.69) is 31.4 Å². The Balaban J connectivity index is 2.63. The zero-order chi connectivity index (χ0) is 14.3. The van der Waals surface area contributed by atoms with E-state index in [0.717, 1.165) is 12.1 Å². The van der Waals surface area contributed by atoms with Gasteiger partial charge in [-0.2, -0.15) is 0 Å². The first-order valence-electron chi connectivity index (χ1n) is 6.76. The molecule has 1 unspecified atom stereocenters. The number of hydrogen-bond acceptors (Lipinski definition) is 3. The van der Waals surface area contributed by atoms with Crippen LogP contribution in [0, 0.1) is 5.92 Å². The summed E-state index contributed by atoms with van der Waals surface area (Å²) in [5.74, 6) is 1.14. The second kappa shape index (κ2) is 7.67. The lowest BCUT2D eigenvalue weighted by atomic mass is 10.0. The lowest BCUT2D eigenvalue weighted by Crippen LogP contribution is -2.25. The summed E-state index contributed by atoms with van der Waals surface area (Å²) in [5.41, 5.74) is 1.02. The SMILES string of the molecule is CCC(Nc1cccc(OCC(=O)NC)c1)C(C)C. The summed E-state index contributed by atoms with van der Waals surface area (Å²) in [7, 11) is 1.60. The lowest BCUT2D eigenvalue weighted by Gasteiger charge is -2.22. The summed E-state index contributed by atoms with van der Waals surface area (Å²) in [6, 6.07) is 8.15. The Hall–Kier alpha value is -1.71. The second-order valence-electron chi connectivity index (χ2n) is 4.89. The minimum atomic E-state index is -0.132. The maximum Gasteiger partial charge on any atom is 0.257 e. The van der Waals surface area contributed by atoms with Gasteiger partial charge in [-0.15, -0.1) is 0 Å². The molecule has 1 aromatic rings. The van der Waals surface area contributed by atoms with Gasteiger partial charge in [0.25, 0.3) is 5.91 Å². The fourth-order valence-corrected chi connectivity index (χ4v) is 1.85. The molecule has 4 heteroatoms. The summed E-state index contributed by atoms with van der Waals surface area (Å²) in [6.07, 6.45) is 1.07. The first-order valence-corrected chi connectivity index (χ1v) is 6.76. The quantitative estimate of drug-likeness (QED) is 0.796. The molecular formula is C15H24N2O2. The van der Waals surface area contributed by atoms with Crippen LogP contribution in [0.5, 0.6) is 5.75 Å². The fraction of sp³-hybridized carbons (Fsp3) is 0.533. The molecule has 19 heavy (non-hydrogen) atoms. The Labute approximate surface area is 115 Å².